The van der Waals surface area contributed by atoms with E-state index in [9.17, 15) is 14.7 Å². The maximum Gasteiger partial charge on any atom is 0.342 e. The topological polar surface area (TPSA) is 96.3 Å². The third-order valence-corrected chi connectivity index (χ3v) is 7.37. The number of aromatic hydroxyl groups is 1. The molecule has 1 aliphatic rings. The molecule has 7 nitrogen and oxygen atoms in total. The highest BCUT2D eigenvalue weighted by Crippen LogP contribution is 2.38. The van der Waals surface area contributed by atoms with Crippen LogP contribution in [0.4, 0.5) is 10.5 Å². The molecule has 5 rings (SSSR count). The van der Waals surface area contributed by atoms with Crippen molar-refractivity contribution in [2.24, 2.45) is 0 Å². The minimum absolute atomic E-state index is 0.00341. The van der Waals surface area contributed by atoms with E-state index in [1.54, 1.807) is 36.4 Å². The summed E-state index contributed by atoms with van der Waals surface area (Å²) in [7, 11) is 0. The average molecular weight is 529 g/mol. The second-order valence-corrected chi connectivity index (χ2v) is 10.0. The molecule has 1 saturated carbocycles. The fraction of sp³-hybridized carbons (Fsp3) is 0.233. The third kappa shape index (κ3) is 5.43. The van der Waals surface area contributed by atoms with E-state index in [2.05, 4.69) is 15.7 Å². The molecule has 0 unspecified atom stereocenters. The van der Waals surface area contributed by atoms with E-state index >= 15 is 0 Å². The van der Waals surface area contributed by atoms with E-state index < -0.39 is 0 Å². The lowest BCUT2D eigenvalue weighted by Crippen LogP contribution is -2.31. The van der Waals surface area contributed by atoms with Crippen LogP contribution in [0.5, 0.6) is 5.75 Å². The second-order valence-electron chi connectivity index (χ2n) is 9.60. The van der Waals surface area contributed by atoms with Gasteiger partial charge in [-0.05, 0) is 67.3 Å². The van der Waals surface area contributed by atoms with Crippen molar-refractivity contribution in [1.82, 2.24) is 15.1 Å². The number of amides is 2. The fourth-order valence-corrected chi connectivity index (χ4v) is 5.14. The summed E-state index contributed by atoms with van der Waals surface area (Å²) in [6.45, 7) is 2.40. The van der Waals surface area contributed by atoms with Crippen LogP contribution in [0.3, 0.4) is 0 Å². The molecule has 38 heavy (non-hydrogen) atoms. The second kappa shape index (κ2) is 11.1. The summed E-state index contributed by atoms with van der Waals surface area (Å²) in [4.78, 5) is 26.1. The van der Waals surface area contributed by atoms with Crippen LogP contribution >= 0.6 is 11.6 Å². The lowest BCUT2D eigenvalue weighted by atomic mass is 10.0. The Bertz CT molecular complexity index is 1490. The van der Waals surface area contributed by atoms with Gasteiger partial charge in [-0.3, -0.25) is 4.79 Å². The van der Waals surface area contributed by atoms with Gasteiger partial charge in [-0.15, -0.1) is 0 Å². The summed E-state index contributed by atoms with van der Waals surface area (Å²) in [5, 5.41) is 21.5. The number of hydrogen-bond donors (Lipinski definition) is 3. The van der Waals surface area contributed by atoms with Crippen LogP contribution in [-0.2, 0) is 6.54 Å². The number of nitrogens with one attached hydrogen (secondary N) is 2. The van der Waals surface area contributed by atoms with Gasteiger partial charge in [-0.1, -0.05) is 60.8 Å². The first kappa shape index (κ1) is 25.5. The molecular formula is C30H29ClN4O3. The lowest BCUT2D eigenvalue weighted by Gasteiger charge is -2.13. The lowest BCUT2D eigenvalue weighted by molar-refractivity contribution is 0.102. The zero-order valence-corrected chi connectivity index (χ0v) is 21.8. The molecule has 0 aliphatic heterocycles. The molecule has 0 spiro atoms. The number of phenolic OH excluding ortho intramolecular Hbond substituents is 1. The van der Waals surface area contributed by atoms with Crippen molar-refractivity contribution >= 4 is 29.2 Å². The van der Waals surface area contributed by atoms with Crippen LogP contribution in [0.15, 0.2) is 72.8 Å². The maximum atomic E-state index is 13.3. The molecule has 3 N–H and O–H groups in total. The Morgan fingerprint density at radius 3 is 2.53 bits per heavy atom. The summed E-state index contributed by atoms with van der Waals surface area (Å²) in [6, 6.07) is 21.0. The number of halogens is 1. The Kier molecular flexibility index (Phi) is 7.47. The third-order valence-electron chi connectivity index (χ3n) is 7.04. The molecule has 8 heteroatoms. The van der Waals surface area contributed by atoms with Crippen molar-refractivity contribution < 1.29 is 14.7 Å². The molecule has 1 heterocycles. The van der Waals surface area contributed by atoms with Gasteiger partial charge in [0.2, 0.25) is 0 Å². The number of aryl methyl sites for hydroxylation is 1. The first-order valence-electron chi connectivity index (χ1n) is 12.7. The van der Waals surface area contributed by atoms with Crippen molar-refractivity contribution in [2.75, 3.05) is 5.32 Å². The van der Waals surface area contributed by atoms with Crippen LogP contribution < -0.4 is 10.6 Å². The highest BCUT2D eigenvalue weighted by molar-refractivity contribution is 6.34. The highest BCUT2D eigenvalue weighted by atomic mass is 35.5. The first-order valence-corrected chi connectivity index (χ1v) is 13.1. The fourth-order valence-electron chi connectivity index (χ4n) is 4.92. The summed E-state index contributed by atoms with van der Waals surface area (Å²) in [5.74, 6) is -0.144. The molecule has 0 saturated heterocycles. The summed E-state index contributed by atoms with van der Waals surface area (Å²) in [6.07, 6.45) is 4.17. The summed E-state index contributed by atoms with van der Waals surface area (Å²) >= 11 is 6.17. The minimum Gasteiger partial charge on any atom is -0.507 e. The molecule has 2 amide bonds. The Labute approximate surface area is 226 Å². The van der Waals surface area contributed by atoms with Gasteiger partial charge in [-0.25, -0.2) is 4.79 Å². The SMILES string of the molecule is Cc1ccccc1CNC(=O)n1nc(-c2cc(NC(=O)c3ccccc3Cl)ccc2O)cc1C1CCCC1. The number of aromatic nitrogens is 2. The molecule has 194 valence electrons. The summed E-state index contributed by atoms with van der Waals surface area (Å²) in [5.41, 5.74) is 4.67. The van der Waals surface area contributed by atoms with Crippen LogP contribution in [-0.4, -0.2) is 26.8 Å². The molecule has 4 aromatic rings. The van der Waals surface area contributed by atoms with Crippen LogP contribution in [0.2, 0.25) is 5.02 Å². The first-order chi connectivity index (χ1) is 18.4. The van der Waals surface area contributed by atoms with Crippen LogP contribution in [0.25, 0.3) is 11.3 Å². The molecule has 1 aliphatic carbocycles. The van der Waals surface area contributed by atoms with Gasteiger partial charge in [-0.2, -0.15) is 9.78 Å². The van der Waals surface area contributed by atoms with Gasteiger partial charge in [0.15, 0.2) is 0 Å². The highest BCUT2D eigenvalue weighted by Gasteiger charge is 2.26. The van der Waals surface area contributed by atoms with Gasteiger partial charge >= 0.3 is 6.03 Å². The predicted molar refractivity (Wildman–Crippen MR) is 149 cm³/mol. The number of benzene rings is 3. The number of phenols is 1. The quantitative estimate of drug-likeness (QED) is 0.237. The Morgan fingerprint density at radius 1 is 1.03 bits per heavy atom. The van der Waals surface area contributed by atoms with Gasteiger partial charge in [0.05, 0.1) is 22.0 Å². The largest absolute Gasteiger partial charge is 0.507 e. The monoisotopic (exact) mass is 528 g/mol. The van der Waals surface area contributed by atoms with E-state index in [-0.39, 0.29) is 23.6 Å². The smallest absolute Gasteiger partial charge is 0.342 e. The Hall–Kier alpha value is -4.10. The van der Waals surface area contributed by atoms with Gasteiger partial charge in [0.25, 0.3) is 5.91 Å². The maximum absolute atomic E-state index is 13.3. The van der Waals surface area contributed by atoms with Crippen molar-refractivity contribution in [1.29, 1.82) is 0 Å². The van der Waals surface area contributed by atoms with E-state index in [1.807, 2.05) is 37.3 Å². The number of nitrogens with zero attached hydrogens (tertiary/aromatic N) is 2. The van der Waals surface area contributed by atoms with Crippen LogP contribution in [0.1, 0.15) is 58.8 Å². The van der Waals surface area contributed by atoms with Crippen molar-refractivity contribution in [3.63, 3.8) is 0 Å². The van der Waals surface area contributed by atoms with Crippen LogP contribution in [0, 0.1) is 6.92 Å². The predicted octanol–water partition coefficient (Wildman–Crippen LogP) is 6.89. The number of carbonyl (C=O) groups excluding carboxylic acids is 2. The van der Waals surface area contributed by atoms with E-state index in [0.717, 1.165) is 42.5 Å². The number of carbonyl (C=O) groups is 2. The minimum atomic E-state index is -0.361. The summed E-state index contributed by atoms with van der Waals surface area (Å²) < 4.78 is 1.43. The standard InChI is InChI=1S/C30H29ClN4O3/c1-19-8-2-3-11-21(19)18-32-30(38)35-27(20-9-4-5-10-20)17-26(34-35)24-16-22(14-15-28(24)36)33-29(37)23-12-6-7-13-25(23)31/h2-3,6-8,11-17,20,36H,4-5,9-10,18H2,1H3,(H,32,38)(H,33,37). The molecule has 1 aromatic heterocycles. The molecule has 0 atom stereocenters. The van der Waals surface area contributed by atoms with Gasteiger partial charge < -0.3 is 15.7 Å². The molecular weight excluding hydrogens is 500 g/mol. The number of anilines is 1. The zero-order chi connectivity index (χ0) is 26.6. The van der Waals surface area contributed by atoms with E-state index in [0.29, 0.717) is 34.1 Å². The van der Waals surface area contributed by atoms with E-state index in [1.165, 1.54) is 10.7 Å². The molecule has 0 radical (unpaired) electrons. The van der Waals surface area contributed by atoms with Crippen molar-refractivity contribution in [2.45, 2.75) is 45.1 Å². The molecule has 0 bridgehead atoms. The van der Waals surface area contributed by atoms with Gasteiger partial charge in [0.1, 0.15) is 5.75 Å². The van der Waals surface area contributed by atoms with Crippen molar-refractivity contribution in [3.8, 4) is 17.0 Å². The average Bonchev–Trinajstić information content (AvgIpc) is 3.60. The molecule has 1 fully saturated rings. The van der Waals surface area contributed by atoms with Crippen molar-refractivity contribution in [3.05, 3.63) is 100 Å². The Balaban J connectivity index is 1.43. The Morgan fingerprint density at radius 2 is 1.76 bits per heavy atom. The number of rotatable bonds is 6. The molecule has 3 aromatic carbocycles. The van der Waals surface area contributed by atoms with E-state index in [4.69, 9.17) is 11.6 Å². The van der Waals surface area contributed by atoms with Gasteiger partial charge in [0, 0.05) is 23.7 Å². The normalized spacial score (nSPS) is 13.4. The number of hydrogen-bond acceptors (Lipinski definition) is 4. The zero-order valence-electron chi connectivity index (χ0n) is 21.1.